The maximum Gasteiger partial charge on any atom is 0.158 e. The largest absolute Gasteiger partial charge is 0.350 e. The highest BCUT2D eigenvalue weighted by molar-refractivity contribution is 4.65. The van der Waals surface area contributed by atoms with Crippen LogP contribution in [0, 0.1) is 0 Å². The molecule has 0 spiro atoms. The summed E-state index contributed by atoms with van der Waals surface area (Å²) in [4.78, 5) is 0. The summed E-state index contributed by atoms with van der Waals surface area (Å²) in [6, 6.07) is 0. The van der Waals surface area contributed by atoms with Gasteiger partial charge < -0.3 is 9.47 Å². The quantitative estimate of drug-likeness (QED) is 0.576. The van der Waals surface area contributed by atoms with Gasteiger partial charge in [-0.1, -0.05) is 45.4 Å². The molecule has 1 unspecified atom stereocenters. The van der Waals surface area contributed by atoms with Gasteiger partial charge in [0.15, 0.2) is 6.29 Å². The number of ether oxygens (including phenoxy) is 2. The van der Waals surface area contributed by atoms with Crippen molar-refractivity contribution in [2.75, 3.05) is 0 Å². The summed E-state index contributed by atoms with van der Waals surface area (Å²) < 4.78 is 11.6. The van der Waals surface area contributed by atoms with Gasteiger partial charge in [-0.3, -0.25) is 0 Å². The molecule has 102 valence electrons. The van der Waals surface area contributed by atoms with Crippen molar-refractivity contribution in [3.05, 3.63) is 0 Å². The molecular formula is C15H30O2. The monoisotopic (exact) mass is 242 g/mol. The van der Waals surface area contributed by atoms with E-state index >= 15 is 0 Å². The van der Waals surface area contributed by atoms with Crippen molar-refractivity contribution in [2.45, 2.75) is 97.1 Å². The molecule has 0 amide bonds. The molecule has 1 saturated heterocycles. The predicted octanol–water partition coefficient (Wildman–Crippen LogP) is 4.67. The normalized spacial score (nSPS) is 29.5. The highest BCUT2D eigenvalue weighted by Gasteiger charge is 2.24. The topological polar surface area (TPSA) is 18.5 Å². The Hall–Kier alpha value is -0.0800. The SMILES string of the molecule is CCCCCCCCCC1O[C@H](C)C[C@H](C)O1. The standard InChI is InChI=1S/C15H30O2/c1-4-5-6-7-8-9-10-11-15-16-13(2)12-14(3)17-15/h13-15H,4-12H2,1-3H3/t13-,14+,15?. The van der Waals surface area contributed by atoms with Crippen LogP contribution in [0.25, 0.3) is 0 Å². The Morgan fingerprint density at radius 1 is 0.824 bits per heavy atom. The molecule has 2 heteroatoms. The lowest BCUT2D eigenvalue weighted by Gasteiger charge is -2.32. The Morgan fingerprint density at radius 3 is 1.94 bits per heavy atom. The van der Waals surface area contributed by atoms with Crippen LogP contribution in [0.1, 0.15) is 78.6 Å². The summed E-state index contributed by atoms with van der Waals surface area (Å²) in [7, 11) is 0. The summed E-state index contributed by atoms with van der Waals surface area (Å²) in [6.07, 6.45) is 12.4. The molecule has 17 heavy (non-hydrogen) atoms. The highest BCUT2D eigenvalue weighted by Crippen LogP contribution is 2.21. The van der Waals surface area contributed by atoms with Crippen LogP contribution in [-0.4, -0.2) is 18.5 Å². The molecule has 0 bridgehead atoms. The second-order valence-corrected chi connectivity index (χ2v) is 5.47. The van der Waals surface area contributed by atoms with E-state index in [0.29, 0.717) is 12.2 Å². The molecule has 0 aliphatic carbocycles. The van der Waals surface area contributed by atoms with Gasteiger partial charge in [-0.15, -0.1) is 0 Å². The minimum atomic E-state index is 0.0596. The first kappa shape index (κ1) is 15.0. The first-order valence-corrected chi connectivity index (χ1v) is 7.53. The highest BCUT2D eigenvalue weighted by atomic mass is 16.7. The van der Waals surface area contributed by atoms with Crippen LogP contribution in [0.15, 0.2) is 0 Å². The van der Waals surface area contributed by atoms with Gasteiger partial charge >= 0.3 is 0 Å². The molecule has 1 aliphatic rings. The second-order valence-electron chi connectivity index (χ2n) is 5.47. The van der Waals surface area contributed by atoms with Gasteiger partial charge in [-0.05, 0) is 33.1 Å². The van der Waals surface area contributed by atoms with Crippen LogP contribution in [0.4, 0.5) is 0 Å². The fourth-order valence-electron chi connectivity index (χ4n) is 2.53. The molecule has 1 fully saturated rings. The molecule has 1 aliphatic heterocycles. The molecule has 0 aromatic heterocycles. The van der Waals surface area contributed by atoms with Crippen molar-refractivity contribution in [3.63, 3.8) is 0 Å². The number of rotatable bonds is 8. The fraction of sp³-hybridized carbons (Fsp3) is 1.00. The van der Waals surface area contributed by atoms with E-state index in [2.05, 4.69) is 20.8 Å². The van der Waals surface area contributed by atoms with E-state index in [0.717, 1.165) is 12.8 Å². The third kappa shape index (κ3) is 7.05. The van der Waals surface area contributed by atoms with Gasteiger partial charge in [0.05, 0.1) is 12.2 Å². The van der Waals surface area contributed by atoms with Gasteiger partial charge in [0.2, 0.25) is 0 Å². The summed E-state index contributed by atoms with van der Waals surface area (Å²) in [6.45, 7) is 6.56. The molecular weight excluding hydrogens is 212 g/mol. The maximum atomic E-state index is 5.78. The van der Waals surface area contributed by atoms with Crippen LogP contribution in [0.3, 0.4) is 0 Å². The Morgan fingerprint density at radius 2 is 1.35 bits per heavy atom. The molecule has 0 aromatic carbocycles. The third-order valence-corrected chi connectivity index (χ3v) is 3.48. The van der Waals surface area contributed by atoms with Crippen molar-refractivity contribution in [2.24, 2.45) is 0 Å². The first-order chi connectivity index (χ1) is 8.22. The van der Waals surface area contributed by atoms with E-state index in [-0.39, 0.29) is 6.29 Å². The van der Waals surface area contributed by atoms with E-state index in [4.69, 9.17) is 9.47 Å². The lowest BCUT2D eigenvalue weighted by atomic mass is 10.1. The van der Waals surface area contributed by atoms with E-state index in [1.807, 2.05) is 0 Å². The van der Waals surface area contributed by atoms with Crippen LogP contribution >= 0.6 is 0 Å². The first-order valence-electron chi connectivity index (χ1n) is 7.53. The predicted molar refractivity (Wildman–Crippen MR) is 72.1 cm³/mol. The Kier molecular flexibility index (Phi) is 7.87. The number of unbranched alkanes of at least 4 members (excludes halogenated alkanes) is 6. The van der Waals surface area contributed by atoms with Crippen LogP contribution in [0.2, 0.25) is 0 Å². The molecule has 2 nitrogen and oxygen atoms in total. The molecule has 0 radical (unpaired) electrons. The average Bonchev–Trinajstić information content (AvgIpc) is 2.26. The molecule has 1 rings (SSSR count). The van der Waals surface area contributed by atoms with Crippen LogP contribution in [0.5, 0.6) is 0 Å². The Labute approximate surface area is 107 Å². The van der Waals surface area contributed by atoms with Crippen molar-refractivity contribution in [3.8, 4) is 0 Å². The van der Waals surface area contributed by atoms with Crippen LogP contribution < -0.4 is 0 Å². The van der Waals surface area contributed by atoms with Gasteiger partial charge in [-0.2, -0.15) is 0 Å². The summed E-state index contributed by atoms with van der Waals surface area (Å²) in [5.41, 5.74) is 0. The lowest BCUT2D eigenvalue weighted by Crippen LogP contribution is -2.35. The van der Waals surface area contributed by atoms with E-state index in [9.17, 15) is 0 Å². The van der Waals surface area contributed by atoms with Crippen molar-refractivity contribution >= 4 is 0 Å². The van der Waals surface area contributed by atoms with Crippen molar-refractivity contribution < 1.29 is 9.47 Å². The summed E-state index contributed by atoms with van der Waals surface area (Å²) in [5, 5.41) is 0. The van der Waals surface area contributed by atoms with Crippen molar-refractivity contribution in [1.29, 1.82) is 0 Å². The van der Waals surface area contributed by atoms with E-state index < -0.39 is 0 Å². The molecule has 3 atom stereocenters. The summed E-state index contributed by atoms with van der Waals surface area (Å²) >= 11 is 0. The van der Waals surface area contributed by atoms with Gasteiger partial charge in [0, 0.05) is 0 Å². The third-order valence-electron chi connectivity index (χ3n) is 3.48. The number of hydrogen-bond acceptors (Lipinski definition) is 2. The summed E-state index contributed by atoms with van der Waals surface area (Å²) in [5.74, 6) is 0. The minimum absolute atomic E-state index is 0.0596. The van der Waals surface area contributed by atoms with Crippen LogP contribution in [-0.2, 0) is 9.47 Å². The average molecular weight is 242 g/mol. The Bertz CT molecular complexity index is 172. The van der Waals surface area contributed by atoms with Gasteiger partial charge in [-0.25, -0.2) is 0 Å². The number of hydrogen-bond donors (Lipinski definition) is 0. The van der Waals surface area contributed by atoms with Gasteiger partial charge in [0.1, 0.15) is 0 Å². The molecule has 0 aromatic rings. The maximum absolute atomic E-state index is 5.78. The molecule has 1 heterocycles. The fourth-order valence-corrected chi connectivity index (χ4v) is 2.53. The van der Waals surface area contributed by atoms with E-state index in [1.54, 1.807) is 0 Å². The molecule has 0 N–H and O–H groups in total. The zero-order chi connectivity index (χ0) is 12.5. The lowest BCUT2D eigenvalue weighted by molar-refractivity contribution is -0.236. The van der Waals surface area contributed by atoms with Gasteiger partial charge in [0.25, 0.3) is 0 Å². The molecule has 0 saturated carbocycles. The smallest absolute Gasteiger partial charge is 0.158 e. The zero-order valence-electron chi connectivity index (χ0n) is 11.9. The zero-order valence-corrected chi connectivity index (χ0v) is 11.9. The second kappa shape index (κ2) is 8.93. The van der Waals surface area contributed by atoms with Crippen molar-refractivity contribution in [1.82, 2.24) is 0 Å². The Balaban J connectivity index is 1.95. The van der Waals surface area contributed by atoms with E-state index in [1.165, 1.54) is 44.9 Å². The minimum Gasteiger partial charge on any atom is -0.350 e.